The molecule has 4 rings (SSSR count). The zero-order valence-corrected chi connectivity index (χ0v) is 15.7. The summed E-state index contributed by atoms with van der Waals surface area (Å²) in [5.41, 5.74) is 0.893. The van der Waals surface area contributed by atoms with E-state index in [1.54, 1.807) is 36.5 Å². The summed E-state index contributed by atoms with van der Waals surface area (Å²) in [6.45, 7) is 3.03. The number of fused-ring (bicyclic) bond motifs is 1. The van der Waals surface area contributed by atoms with Gasteiger partial charge in [0, 0.05) is 25.8 Å². The fraction of sp³-hybridized carbons (Fsp3) is 0.476. The van der Waals surface area contributed by atoms with E-state index in [1.807, 2.05) is 0 Å². The average molecular weight is 372 g/mol. The van der Waals surface area contributed by atoms with E-state index in [-0.39, 0.29) is 17.4 Å². The molecule has 1 saturated carbocycles. The Balaban J connectivity index is 0.000000197. The predicted molar refractivity (Wildman–Crippen MR) is 103 cm³/mol. The fourth-order valence-corrected chi connectivity index (χ4v) is 4.07. The number of pyridine rings is 1. The molecule has 0 bridgehead atoms. The van der Waals surface area contributed by atoms with Gasteiger partial charge in [-0.25, -0.2) is 4.98 Å². The van der Waals surface area contributed by atoms with Crippen LogP contribution in [0, 0.1) is 11.8 Å². The monoisotopic (exact) mass is 372 g/mol. The van der Waals surface area contributed by atoms with Crippen molar-refractivity contribution in [3.8, 4) is 17.4 Å². The summed E-state index contributed by atoms with van der Waals surface area (Å²) in [5.74, 6) is 2.33. The molecule has 0 amide bonds. The number of likely N-dealkylation sites (tertiary alicyclic amines) is 1. The van der Waals surface area contributed by atoms with Gasteiger partial charge in [0.15, 0.2) is 5.75 Å². The maximum absolute atomic E-state index is 10.2. The van der Waals surface area contributed by atoms with E-state index in [4.69, 9.17) is 5.11 Å². The van der Waals surface area contributed by atoms with Crippen molar-refractivity contribution in [3.05, 3.63) is 48.2 Å². The molecule has 3 atom stereocenters. The standard InChI is InChI=1S/C15H21NO2.C6H7NO2/c17-14-6-4-11(5-7-14)15(18)10-16-8-12-2-1-3-13(12)9-16;1-9-6-5(8)3-2-4-7-6/h4-7,12-13,15,17-18H,1-3,8-10H2;2-4,8H,1H3/t12-,13+,15?;. The van der Waals surface area contributed by atoms with Gasteiger partial charge in [-0.1, -0.05) is 18.6 Å². The van der Waals surface area contributed by atoms with E-state index in [2.05, 4.69) is 14.6 Å². The van der Waals surface area contributed by atoms with Gasteiger partial charge in [-0.3, -0.25) is 4.90 Å². The number of aromatic hydroxyl groups is 2. The molecule has 1 unspecified atom stereocenters. The van der Waals surface area contributed by atoms with Gasteiger partial charge in [-0.2, -0.15) is 0 Å². The second kappa shape index (κ2) is 9.06. The Morgan fingerprint density at radius 2 is 1.78 bits per heavy atom. The largest absolute Gasteiger partial charge is 0.508 e. The SMILES string of the molecule is COc1ncccc1O.Oc1ccc(C(O)CN2C[C@H]3CCC[C@H]3C2)cc1. The molecule has 1 saturated heterocycles. The number of rotatable bonds is 4. The molecule has 3 N–H and O–H groups in total. The first-order valence-corrected chi connectivity index (χ1v) is 9.44. The molecule has 2 fully saturated rings. The van der Waals surface area contributed by atoms with Crippen LogP contribution in [0.3, 0.4) is 0 Å². The number of methoxy groups -OCH3 is 1. The highest BCUT2D eigenvalue weighted by Crippen LogP contribution is 2.38. The molecule has 2 aromatic rings. The number of aliphatic hydroxyl groups excluding tert-OH is 1. The Bertz CT molecular complexity index is 710. The maximum Gasteiger partial charge on any atom is 0.256 e. The summed E-state index contributed by atoms with van der Waals surface area (Å²) < 4.78 is 4.68. The van der Waals surface area contributed by atoms with E-state index >= 15 is 0 Å². The van der Waals surface area contributed by atoms with Crippen molar-refractivity contribution in [1.82, 2.24) is 9.88 Å². The minimum atomic E-state index is -0.440. The van der Waals surface area contributed by atoms with Crippen molar-refractivity contribution >= 4 is 0 Å². The molecule has 1 aromatic heterocycles. The number of β-amino-alcohol motifs (C(OH)–C–C–N with tert-alkyl or cyclic N) is 1. The molecule has 1 aromatic carbocycles. The second-order valence-corrected chi connectivity index (χ2v) is 7.31. The van der Waals surface area contributed by atoms with Crippen molar-refractivity contribution in [2.24, 2.45) is 11.8 Å². The molecular formula is C21H28N2O4. The van der Waals surface area contributed by atoms with Crippen molar-refractivity contribution in [2.75, 3.05) is 26.7 Å². The fourth-order valence-electron chi connectivity index (χ4n) is 4.07. The van der Waals surface area contributed by atoms with Crippen LogP contribution in [0.2, 0.25) is 0 Å². The maximum atomic E-state index is 10.2. The lowest BCUT2D eigenvalue weighted by Gasteiger charge is -2.21. The Kier molecular flexibility index (Phi) is 6.53. The predicted octanol–water partition coefficient (Wildman–Crippen LogP) is 2.95. The van der Waals surface area contributed by atoms with Gasteiger partial charge in [0.1, 0.15) is 5.75 Å². The molecule has 146 valence electrons. The summed E-state index contributed by atoms with van der Waals surface area (Å²) in [6, 6.07) is 10.0. The number of benzene rings is 1. The summed E-state index contributed by atoms with van der Waals surface area (Å²) in [7, 11) is 1.46. The Hall–Kier alpha value is -2.31. The zero-order valence-electron chi connectivity index (χ0n) is 15.7. The molecule has 0 spiro atoms. The van der Waals surface area contributed by atoms with E-state index in [9.17, 15) is 10.2 Å². The van der Waals surface area contributed by atoms with Crippen LogP contribution in [0.1, 0.15) is 30.9 Å². The van der Waals surface area contributed by atoms with Crippen LogP contribution in [0.5, 0.6) is 17.4 Å². The van der Waals surface area contributed by atoms with Crippen molar-refractivity contribution in [1.29, 1.82) is 0 Å². The number of hydrogen-bond donors (Lipinski definition) is 3. The summed E-state index contributed by atoms with van der Waals surface area (Å²) in [6.07, 6.45) is 5.25. The van der Waals surface area contributed by atoms with E-state index in [0.29, 0.717) is 0 Å². The van der Waals surface area contributed by atoms with Gasteiger partial charge in [-0.15, -0.1) is 0 Å². The first-order valence-electron chi connectivity index (χ1n) is 9.44. The molecule has 1 aliphatic heterocycles. The molecular weight excluding hydrogens is 344 g/mol. The van der Waals surface area contributed by atoms with Crippen LogP contribution in [0.4, 0.5) is 0 Å². The van der Waals surface area contributed by atoms with Gasteiger partial charge >= 0.3 is 0 Å². The van der Waals surface area contributed by atoms with Gasteiger partial charge in [0.05, 0.1) is 13.2 Å². The molecule has 1 aliphatic carbocycles. The van der Waals surface area contributed by atoms with E-state index in [1.165, 1.54) is 32.4 Å². The summed E-state index contributed by atoms with van der Waals surface area (Å²) in [5, 5.41) is 28.4. The highest BCUT2D eigenvalue weighted by Gasteiger charge is 2.36. The first kappa shape index (κ1) is 19.5. The number of phenols is 1. The molecule has 2 heterocycles. The van der Waals surface area contributed by atoms with Crippen LogP contribution in [-0.2, 0) is 0 Å². The highest BCUT2D eigenvalue weighted by atomic mass is 16.5. The minimum absolute atomic E-state index is 0.0694. The zero-order chi connectivity index (χ0) is 19.2. The Labute approximate surface area is 160 Å². The van der Waals surface area contributed by atoms with Gasteiger partial charge in [0.2, 0.25) is 0 Å². The third-order valence-corrected chi connectivity index (χ3v) is 5.46. The van der Waals surface area contributed by atoms with Crippen molar-refractivity contribution in [3.63, 3.8) is 0 Å². The average Bonchev–Trinajstić information content (AvgIpc) is 3.25. The number of hydrogen-bond acceptors (Lipinski definition) is 6. The number of phenolic OH excluding ortho intramolecular Hbond substituents is 1. The van der Waals surface area contributed by atoms with Gasteiger partial charge < -0.3 is 20.1 Å². The second-order valence-electron chi connectivity index (χ2n) is 7.31. The van der Waals surface area contributed by atoms with Crippen molar-refractivity contribution < 1.29 is 20.1 Å². The lowest BCUT2D eigenvalue weighted by molar-refractivity contribution is 0.122. The van der Waals surface area contributed by atoms with Crippen LogP contribution in [0.25, 0.3) is 0 Å². The number of nitrogens with zero attached hydrogens (tertiary/aromatic N) is 2. The molecule has 2 aliphatic rings. The highest BCUT2D eigenvalue weighted by molar-refractivity contribution is 5.30. The number of ether oxygens (including phenoxy) is 1. The van der Waals surface area contributed by atoms with E-state index in [0.717, 1.165) is 37.0 Å². The molecule has 0 radical (unpaired) electrons. The third kappa shape index (κ3) is 5.11. The quantitative estimate of drug-likeness (QED) is 0.765. The summed E-state index contributed by atoms with van der Waals surface area (Å²) >= 11 is 0. The van der Waals surface area contributed by atoms with Crippen LogP contribution in [0.15, 0.2) is 42.6 Å². The smallest absolute Gasteiger partial charge is 0.256 e. The number of aromatic nitrogens is 1. The van der Waals surface area contributed by atoms with Crippen molar-refractivity contribution in [2.45, 2.75) is 25.4 Å². The molecule has 6 heteroatoms. The van der Waals surface area contributed by atoms with Gasteiger partial charge in [-0.05, 0) is 54.5 Å². The normalized spacial score (nSPS) is 22.6. The molecule has 6 nitrogen and oxygen atoms in total. The Morgan fingerprint density at radius 1 is 1.11 bits per heavy atom. The van der Waals surface area contributed by atoms with Gasteiger partial charge in [0.25, 0.3) is 5.88 Å². The van der Waals surface area contributed by atoms with E-state index < -0.39 is 6.10 Å². The lowest BCUT2D eigenvalue weighted by Crippen LogP contribution is -2.27. The van der Waals surface area contributed by atoms with Crippen LogP contribution in [-0.4, -0.2) is 51.9 Å². The topological polar surface area (TPSA) is 86.0 Å². The van der Waals surface area contributed by atoms with Crippen LogP contribution < -0.4 is 4.74 Å². The van der Waals surface area contributed by atoms with Crippen LogP contribution >= 0.6 is 0 Å². The summed E-state index contributed by atoms with van der Waals surface area (Å²) in [4.78, 5) is 6.12. The first-order chi connectivity index (χ1) is 13.1. The minimum Gasteiger partial charge on any atom is -0.508 e. The third-order valence-electron chi connectivity index (χ3n) is 5.46. The molecule has 27 heavy (non-hydrogen) atoms. The Morgan fingerprint density at radius 3 is 2.33 bits per heavy atom. The number of aliphatic hydroxyl groups is 1. The lowest BCUT2D eigenvalue weighted by atomic mass is 10.0.